The summed E-state index contributed by atoms with van der Waals surface area (Å²) in [5.41, 5.74) is 7.72. The van der Waals surface area contributed by atoms with Crippen molar-refractivity contribution in [3.8, 4) is 0 Å². The molecule has 2 fully saturated rings. The van der Waals surface area contributed by atoms with Crippen molar-refractivity contribution >= 4 is 23.0 Å². The third-order valence-corrected chi connectivity index (χ3v) is 5.78. The standard InChI is InChI=1S/C15H19FN4O3S/c16-14-7-11(20-9-12(8-18-19-17)23-15(20)21)1-2-13(14)10-3-5-24(22)6-4-10/h1-2,7,10,12,17,22H,3-6,8-9H2/q+2/t10?,12-,24?/m0/s1. The molecule has 0 spiro atoms. The van der Waals surface area contributed by atoms with Gasteiger partial charge in [-0.25, -0.2) is 9.18 Å². The van der Waals surface area contributed by atoms with Gasteiger partial charge >= 0.3 is 6.09 Å². The van der Waals surface area contributed by atoms with Crippen molar-refractivity contribution in [3.05, 3.63) is 29.6 Å². The van der Waals surface area contributed by atoms with Gasteiger partial charge in [0.15, 0.2) is 6.54 Å². The number of nitrogens with one attached hydrogen (secondary N) is 1. The molecule has 0 aromatic heterocycles. The summed E-state index contributed by atoms with van der Waals surface area (Å²) in [6, 6.07) is 4.81. The zero-order chi connectivity index (χ0) is 17.1. The predicted molar refractivity (Wildman–Crippen MR) is 87.9 cm³/mol. The summed E-state index contributed by atoms with van der Waals surface area (Å²) in [4.78, 5) is 16.2. The van der Waals surface area contributed by atoms with Gasteiger partial charge < -0.3 is 4.74 Å². The van der Waals surface area contributed by atoms with Gasteiger partial charge in [-0.2, -0.15) is 4.55 Å². The first-order valence-corrected chi connectivity index (χ1v) is 9.28. The van der Waals surface area contributed by atoms with Gasteiger partial charge in [-0.1, -0.05) is 6.07 Å². The number of cyclic esters (lactones) is 1. The van der Waals surface area contributed by atoms with Crippen LogP contribution in [0.15, 0.2) is 23.3 Å². The summed E-state index contributed by atoms with van der Waals surface area (Å²) in [6.07, 6.45) is 0.536. The molecule has 3 rings (SSSR count). The smallest absolute Gasteiger partial charge is 0.414 e. The fraction of sp³-hybridized carbons (Fsp3) is 0.533. The highest BCUT2D eigenvalue weighted by Crippen LogP contribution is 2.33. The lowest BCUT2D eigenvalue weighted by Gasteiger charge is -2.21. The molecule has 0 saturated carbocycles. The van der Waals surface area contributed by atoms with Crippen LogP contribution in [0.4, 0.5) is 14.9 Å². The minimum absolute atomic E-state index is 0.116. The molecule has 2 heterocycles. The quantitative estimate of drug-likeness (QED) is 0.494. The molecule has 1 amide bonds. The zero-order valence-electron chi connectivity index (χ0n) is 13.0. The maximum Gasteiger partial charge on any atom is 0.414 e. The van der Waals surface area contributed by atoms with E-state index in [0.29, 0.717) is 11.3 Å². The second-order valence-corrected chi connectivity index (χ2v) is 7.63. The summed E-state index contributed by atoms with van der Waals surface area (Å²) in [5, 5.41) is 3.51. The molecule has 2 N–H and O–H groups in total. The van der Waals surface area contributed by atoms with E-state index in [1.165, 1.54) is 11.0 Å². The Balaban J connectivity index is 1.72. The number of carbonyl (C=O) groups is 1. The van der Waals surface area contributed by atoms with E-state index in [1.807, 2.05) is 0 Å². The van der Waals surface area contributed by atoms with Gasteiger partial charge in [0.1, 0.15) is 45.2 Å². The average molecular weight is 354 g/mol. The van der Waals surface area contributed by atoms with Crippen molar-refractivity contribution in [3.63, 3.8) is 0 Å². The van der Waals surface area contributed by atoms with Gasteiger partial charge in [0.05, 0.1) is 12.2 Å². The topological polar surface area (TPSA) is 100 Å². The molecule has 2 aliphatic heterocycles. The SMILES string of the molecule is N=[N+]=NC[C@H]1CN(c2ccc(C3CC[S+](O)CC3)c(F)c2)C(=O)O1. The van der Waals surface area contributed by atoms with Gasteiger partial charge in [0.2, 0.25) is 4.91 Å². The van der Waals surface area contributed by atoms with E-state index in [2.05, 4.69) is 10.0 Å². The molecule has 1 atom stereocenters. The third kappa shape index (κ3) is 3.58. The molecule has 1 aromatic carbocycles. The number of hydrogen-bond acceptors (Lipinski definition) is 5. The monoisotopic (exact) mass is 354 g/mol. The lowest BCUT2D eigenvalue weighted by molar-refractivity contribution is 0.144. The fourth-order valence-electron chi connectivity index (χ4n) is 3.09. The van der Waals surface area contributed by atoms with E-state index in [4.69, 9.17) is 10.3 Å². The normalized spacial score (nSPS) is 26.8. The van der Waals surface area contributed by atoms with Crippen LogP contribution < -0.4 is 9.81 Å². The molecule has 0 radical (unpaired) electrons. The highest BCUT2D eigenvalue weighted by Gasteiger charge is 2.34. The molecule has 0 unspecified atom stereocenters. The van der Waals surface area contributed by atoms with Crippen LogP contribution >= 0.6 is 0 Å². The molecule has 0 bridgehead atoms. The summed E-state index contributed by atoms with van der Waals surface area (Å²) in [5.74, 6) is 1.22. The van der Waals surface area contributed by atoms with Crippen LogP contribution in [0.1, 0.15) is 24.3 Å². The molecule has 7 nitrogen and oxygen atoms in total. The van der Waals surface area contributed by atoms with Crippen LogP contribution in [-0.4, -0.2) is 41.3 Å². The molecule has 24 heavy (non-hydrogen) atoms. The molecular formula is C15H19FN4O3S+2. The Morgan fingerprint density at radius 3 is 2.88 bits per heavy atom. The van der Waals surface area contributed by atoms with Gasteiger partial charge in [0.25, 0.3) is 0 Å². The van der Waals surface area contributed by atoms with Gasteiger partial charge in [-0.3, -0.25) is 4.90 Å². The van der Waals surface area contributed by atoms with E-state index < -0.39 is 23.4 Å². The van der Waals surface area contributed by atoms with Crippen molar-refractivity contribution in [2.45, 2.75) is 24.9 Å². The number of halogens is 1. The van der Waals surface area contributed by atoms with Crippen LogP contribution in [0.25, 0.3) is 0 Å². The Morgan fingerprint density at radius 1 is 1.46 bits per heavy atom. The van der Waals surface area contributed by atoms with Crippen molar-refractivity contribution in [2.75, 3.05) is 29.5 Å². The van der Waals surface area contributed by atoms with Crippen LogP contribution in [-0.2, 0) is 15.9 Å². The van der Waals surface area contributed by atoms with E-state index in [9.17, 15) is 13.7 Å². The first-order chi connectivity index (χ1) is 11.6. The second kappa shape index (κ2) is 7.29. The predicted octanol–water partition coefficient (Wildman–Crippen LogP) is 2.67. The van der Waals surface area contributed by atoms with Crippen molar-refractivity contribution in [1.29, 1.82) is 5.53 Å². The highest BCUT2D eigenvalue weighted by atomic mass is 32.2. The average Bonchev–Trinajstić information content (AvgIpc) is 2.95. The van der Waals surface area contributed by atoms with E-state index >= 15 is 0 Å². The molecular weight excluding hydrogens is 335 g/mol. The molecule has 2 aliphatic rings. The maximum absolute atomic E-state index is 14.5. The molecule has 9 heteroatoms. The Kier molecular flexibility index (Phi) is 5.13. The van der Waals surface area contributed by atoms with Gasteiger partial charge in [-0.05, 0) is 23.6 Å². The van der Waals surface area contributed by atoms with Crippen LogP contribution in [0.3, 0.4) is 0 Å². The minimum Gasteiger partial charge on any atom is -0.442 e. The summed E-state index contributed by atoms with van der Waals surface area (Å²) >= 11 is -0.531. The molecule has 0 aliphatic carbocycles. The largest absolute Gasteiger partial charge is 0.442 e. The Hall–Kier alpha value is -1.96. The Bertz CT molecular complexity index is 675. The van der Waals surface area contributed by atoms with Crippen LogP contribution in [0, 0.1) is 11.3 Å². The number of hydrogen-bond donors (Lipinski definition) is 2. The van der Waals surface area contributed by atoms with E-state index in [1.54, 1.807) is 12.1 Å². The lowest BCUT2D eigenvalue weighted by atomic mass is 9.93. The zero-order valence-corrected chi connectivity index (χ0v) is 13.8. The molecule has 128 valence electrons. The molecule has 1 aromatic rings. The summed E-state index contributed by atoms with van der Waals surface area (Å²) in [6.45, 7) is 0.380. The van der Waals surface area contributed by atoms with Crippen LogP contribution in [0.2, 0.25) is 0 Å². The number of carbonyl (C=O) groups excluding carboxylic acids is 1. The number of amides is 1. The summed E-state index contributed by atoms with van der Waals surface area (Å²) in [7, 11) is 0. The third-order valence-electron chi connectivity index (χ3n) is 4.37. The van der Waals surface area contributed by atoms with E-state index in [0.717, 1.165) is 24.3 Å². The second-order valence-electron chi connectivity index (χ2n) is 5.89. The number of anilines is 1. The fourth-order valence-corrected chi connectivity index (χ4v) is 4.41. The van der Waals surface area contributed by atoms with Crippen molar-refractivity contribution in [1.82, 2.24) is 4.91 Å². The molecule has 2 saturated heterocycles. The first kappa shape index (κ1) is 16.9. The lowest BCUT2D eigenvalue weighted by Crippen LogP contribution is -2.26. The minimum atomic E-state index is -0.547. The number of rotatable bonds is 4. The Morgan fingerprint density at radius 2 is 2.21 bits per heavy atom. The number of benzene rings is 1. The maximum atomic E-state index is 14.5. The van der Waals surface area contributed by atoms with Gasteiger partial charge in [0, 0.05) is 12.8 Å². The van der Waals surface area contributed by atoms with E-state index in [-0.39, 0.29) is 24.8 Å². The van der Waals surface area contributed by atoms with Gasteiger partial charge in [-0.15, -0.1) is 0 Å². The highest BCUT2D eigenvalue weighted by molar-refractivity contribution is 7.91. The van der Waals surface area contributed by atoms with Crippen molar-refractivity contribution < 1.29 is 18.5 Å². The Labute approximate surface area is 141 Å². The number of ether oxygens (including phenoxy) is 1. The first-order valence-electron chi connectivity index (χ1n) is 7.76. The number of nitrogens with zero attached hydrogens (tertiary/aromatic N) is 3. The van der Waals surface area contributed by atoms with Crippen LogP contribution in [0.5, 0.6) is 0 Å². The van der Waals surface area contributed by atoms with Crippen molar-refractivity contribution in [2.24, 2.45) is 5.11 Å². The summed E-state index contributed by atoms with van der Waals surface area (Å²) < 4.78 is 29.2.